The predicted molar refractivity (Wildman–Crippen MR) is 109 cm³/mol. The first-order valence-corrected chi connectivity index (χ1v) is 9.98. The highest BCUT2D eigenvalue weighted by Gasteiger charge is 2.35. The first-order valence-electron chi connectivity index (χ1n) is 9.98. The maximum Gasteiger partial charge on any atom is 0.303 e. The third-order valence-corrected chi connectivity index (χ3v) is 4.51. The van der Waals surface area contributed by atoms with Gasteiger partial charge in [0.2, 0.25) is 0 Å². The van der Waals surface area contributed by atoms with Crippen molar-refractivity contribution in [3.05, 3.63) is 48.6 Å². The first kappa shape index (κ1) is 24.3. The van der Waals surface area contributed by atoms with E-state index in [1.807, 2.05) is 43.4 Å². The Hall–Kier alpha value is -1.73. The van der Waals surface area contributed by atoms with Crippen molar-refractivity contribution in [3.8, 4) is 0 Å². The summed E-state index contributed by atoms with van der Waals surface area (Å²) in [5.41, 5.74) is 0. The van der Waals surface area contributed by atoms with Gasteiger partial charge in [0.25, 0.3) is 0 Å². The van der Waals surface area contributed by atoms with Crippen LogP contribution < -0.4 is 0 Å². The van der Waals surface area contributed by atoms with Crippen LogP contribution in [0.2, 0.25) is 0 Å². The van der Waals surface area contributed by atoms with Crippen LogP contribution in [0.1, 0.15) is 51.9 Å². The van der Waals surface area contributed by atoms with Crippen molar-refractivity contribution in [1.82, 2.24) is 0 Å². The van der Waals surface area contributed by atoms with E-state index < -0.39 is 30.4 Å². The van der Waals surface area contributed by atoms with Crippen molar-refractivity contribution in [2.24, 2.45) is 0 Å². The number of ether oxygens (including phenoxy) is 1. The maximum absolute atomic E-state index is 10.3. The van der Waals surface area contributed by atoms with E-state index in [2.05, 4.69) is 0 Å². The highest BCUT2D eigenvalue weighted by atomic mass is 16.5. The van der Waals surface area contributed by atoms with Gasteiger partial charge in [-0.2, -0.15) is 0 Å². The van der Waals surface area contributed by atoms with Crippen LogP contribution in [0.3, 0.4) is 0 Å². The van der Waals surface area contributed by atoms with E-state index in [4.69, 9.17) is 9.84 Å². The van der Waals surface area contributed by atoms with Gasteiger partial charge >= 0.3 is 5.97 Å². The SMILES string of the molecule is CC[C@@H]1O[C@H]([C@@H](O)/C=C/[C@@H](O)C/C=C\C/C=C\C/C=C\CCC(=O)O)C[C@H]1O. The zero-order valence-corrected chi connectivity index (χ0v) is 16.6. The van der Waals surface area contributed by atoms with Gasteiger partial charge in [0, 0.05) is 12.8 Å². The molecule has 1 heterocycles. The van der Waals surface area contributed by atoms with E-state index in [1.165, 1.54) is 6.08 Å². The number of carbonyl (C=O) groups is 1. The molecule has 0 radical (unpaired) electrons. The molecule has 5 atom stereocenters. The topological polar surface area (TPSA) is 107 Å². The second-order valence-corrected chi connectivity index (χ2v) is 6.92. The second kappa shape index (κ2) is 14.3. The highest BCUT2D eigenvalue weighted by Crippen LogP contribution is 2.25. The molecule has 0 bridgehead atoms. The van der Waals surface area contributed by atoms with E-state index in [1.54, 1.807) is 6.08 Å². The number of carboxylic acids is 1. The molecule has 0 aromatic carbocycles. The van der Waals surface area contributed by atoms with Crippen molar-refractivity contribution in [1.29, 1.82) is 0 Å². The summed E-state index contributed by atoms with van der Waals surface area (Å²) in [7, 11) is 0. The van der Waals surface area contributed by atoms with Gasteiger partial charge in [-0.1, -0.05) is 55.5 Å². The second-order valence-electron chi connectivity index (χ2n) is 6.92. The number of carboxylic acid groups (broad SMARTS) is 1. The Balaban J connectivity index is 2.16. The minimum absolute atomic E-state index is 0.158. The lowest BCUT2D eigenvalue weighted by Gasteiger charge is -2.16. The van der Waals surface area contributed by atoms with Gasteiger partial charge in [-0.05, 0) is 32.1 Å². The summed E-state index contributed by atoms with van der Waals surface area (Å²) in [5.74, 6) is -0.785. The summed E-state index contributed by atoms with van der Waals surface area (Å²) in [5, 5.41) is 38.4. The molecule has 0 aromatic heterocycles. The largest absolute Gasteiger partial charge is 0.481 e. The number of rotatable bonds is 13. The average molecular weight is 395 g/mol. The van der Waals surface area contributed by atoms with Crippen LogP contribution in [0.15, 0.2) is 48.6 Å². The summed E-state index contributed by atoms with van der Waals surface area (Å²) >= 11 is 0. The third-order valence-electron chi connectivity index (χ3n) is 4.51. The Labute approximate surface area is 167 Å². The molecule has 1 aliphatic heterocycles. The molecule has 0 unspecified atom stereocenters. The molecule has 28 heavy (non-hydrogen) atoms. The minimum Gasteiger partial charge on any atom is -0.481 e. The van der Waals surface area contributed by atoms with Crippen molar-refractivity contribution in [3.63, 3.8) is 0 Å². The molecule has 1 fully saturated rings. The summed E-state index contributed by atoms with van der Waals surface area (Å²) in [6, 6.07) is 0. The Kier molecular flexibility index (Phi) is 12.4. The van der Waals surface area contributed by atoms with E-state index >= 15 is 0 Å². The molecule has 0 amide bonds. The predicted octanol–water partition coefficient (Wildman–Crippen LogP) is 2.90. The molecular weight excluding hydrogens is 360 g/mol. The van der Waals surface area contributed by atoms with Gasteiger partial charge in [-0.15, -0.1) is 0 Å². The van der Waals surface area contributed by atoms with E-state index in [0.717, 1.165) is 12.8 Å². The number of allylic oxidation sites excluding steroid dienone is 5. The first-order chi connectivity index (χ1) is 13.4. The summed E-state index contributed by atoms with van der Waals surface area (Å²) < 4.78 is 5.61. The van der Waals surface area contributed by atoms with E-state index in [0.29, 0.717) is 25.7 Å². The fraction of sp³-hybridized carbons (Fsp3) is 0.591. The fourth-order valence-electron chi connectivity index (χ4n) is 2.90. The van der Waals surface area contributed by atoms with Crippen LogP contribution in [-0.4, -0.2) is 56.9 Å². The number of hydrogen-bond donors (Lipinski definition) is 4. The van der Waals surface area contributed by atoms with E-state index in [-0.39, 0.29) is 12.5 Å². The Morgan fingerprint density at radius 2 is 1.71 bits per heavy atom. The van der Waals surface area contributed by atoms with Crippen LogP contribution >= 0.6 is 0 Å². The lowest BCUT2D eigenvalue weighted by molar-refractivity contribution is -0.136. The van der Waals surface area contributed by atoms with Crippen molar-refractivity contribution < 1.29 is 30.0 Å². The molecular formula is C22H34O6. The molecule has 0 spiro atoms. The molecule has 1 saturated heterocycles. The average Bonchev–Trinajstić information content (AvgIpc) is 3.04. The molecule has 0 aliphatic carbocycles. The van der Waals surface area contributed by atoms with Crippen LogP contribution in [0.4, 0.5) is 0 Å². The Morgan fingerprint density at radius 1 is 1.07 bits per heavy atom. The van der Waals surface area contributed by atoms with Crippen LogP contribution in [0.5, 0.6) is 0 Å². The van der Waals surface area contributed by atoms with Crippen LogP contribution in [0.25, 0.3) is 0 Å². The van der Waals surface area contributed by atoms with Crippen molar-refractivity contribution in [2.75, 3.05) is 0 Å². The van der Waals surface area contributed by atoms with Crippen molar-refractivity contribution >= 4 is 5.97 Å². The van der Waals surface area contributed by atoms with Gasteiger partial charge < -0.3 is 25.2 Å². The van der Waals surface area contributed by atoms with Gasteiger partial charge in [0.1, 0.15) is 0 Å². The normalized spacial score (nSPS) is 25.5. The molecule has 0 aromatic rings. The van der Waals surface area contributed by atoms with Gasteiger partial charge in [-0.3, -0.25) is 4.79 Å². The highest BCUT2D eigenvalue weighted by molar-refractivity contribution is 5.66. The fourth-order valence-corrected chi connectivity index (χ4v) is 2.90. The standard InChI is InChI=1S/C22H34O6/c1-2-20-19(25)16-21(28-20)18(24)15-14-17(23)12-10-8-6-4-3-5-7-9-11-13-22(26)27/h3-4,7-10,14-15,17-21,23-25H,2,5-6,11-13,16H2,1H3,(H,26,27)/b4-3-,9-7-,10-8-,15-14+/t17-,18-,19+,20-,21-/m0/s1. The minimum atomic E-state index is -0.837. The molecule has 6 heteroatoms. The molecule has 1 rings (SSSR count). The molecule has 4 N–H and O–H groups in total. The monoisotopic (exact) mass is 394 g/mol. The zero-order chi connectivity index (χ0) is 20.8. The molecule has 1 aliphatic rings. The van der Waals surface area contributed by atoms with Crippen LogP contribution in [0, 0.1) is 0 Å². The Bertz CT molecular complexity index is 551. The Morgan fingerprint density at radius 3 is 2.32 bits per heavy atom. The quantitative estimate of drug-likeness (QED) is 0.358. The number of hydrogen-bond acceptors (Lipinski definition) is 5. The smallest absolute Gasteiger partial charge is 0.303 e. The maximum atomic E-state index is 10.3. The summed E-state index contributed by atoms with van der Waals surface area (Å²) in [6.07, 6.45) is 15.9. The number of aliphatic hydroxyl groups excluding tert-OH is 3. The molecule has 158 valence electrons. The third kappa shape index (κ3) is 10.6. The summed E-state index contributed by atoms with van der Waals surface area (Å²) in [6.45, 7) is 1.93. The molecule has 0 saturated carbocycles. The van der Waals surface area contributed by atoms with Gasteiger partial charge in [-0.25, -0.2) is 0 Å². The molecule has 6 nitrogen and oxygen atoms in total. The number of aliphatic carboxylic acids is 1. The van der Waals surface area contributed by atoms with Gasteiger partial charge in [0.15, 0.2) is 0 Å². The van der Waals surface area contributed by atoms with Crippen LogP contribution in [-0.2, 0) is 9.53 Å². The lowest BCUT2D eigenvalue weighted by atomic mass is 10.1. The lowest BCUT2D eigenvalue weighted by Crippen LogP contribution is -2.24. The zero-order valence-electron chi connectivity index (χ0n) is 16.6. The van der Waals surface area contributed by atoms with E-state index in [9.17, 15) is 20.1 Å². The van der Waals surface area contributed by atoms with Crippen molar-refractivity contribution in [2.45, 2.75) is 82.4 Å². The summed E-state index contributed by atoms with van der Waals surface area (Å²) in [4.78, 5) is 10.3. The number of aliphatic hydroxyl groups is 3. The van der Waals surface area contributed by atoms with Gasteiger partial charge in [0.05, 0.1) is 30.5 Å².